The van der Waals surface area contributed by atoms with Crippen molar-refractivity contribution in [3.63, 3.8) is 0 Å². The highest BCUT2D eigenvalue weighted by Crippen LogP contribution is 2.45. The zero-order chi connectivity index (χ0) is 20.7. The number of benzene rings is 2. The van der Waals surface area contributed by atoms with Gasteiger partial charge >= 0.3 is 5.97 Å². The number of rotatable bonds is 3. The Morgan fingerprint density at radius 1 is 1.00 bits per heavy atom. The molecule has 152 valence electrons. The molecule has 0 saturated carbocycles. The van der Waals surface area contributed by atoms with Crippen LogP contribution in [-0.4, -0.2) is 19.0 Å². The number of carbonyl (C=O) groups is 2. The van der Waals surface area contributed by atoms with Gasteiger partial charge in [-0.15, -0.1) is 11.3 Å². The summed E-state index contributed by atoms with van der Waals surface area (Å²) in [6, 6.07) is 15.2. The fraction of sp³-hybridized carbons (Fsp3) is 0.250. The molecule has 1 N–H and O–H groups in total. The highest BCUT2D eigenvalue weighted by Gasteiger charge is 2.34. The molecule has 1 amide bonds. The van der Waals surface area contributed by atoms with Gasteiger partial charge in [0.2, 0.25) is 5.91 Å². The fourth-order valence-corrected chi connectivity index (χ4v) is 5.63. The summed E-state index contributed by atoms with van der Waals surface area (Å²) in [5.74, 6) is 0.264. The molecule has 2 aliphatic rings. The molecule has 30 heavy (non-hydrogen) atoms. The standard InChI is InChI=1S/C24H21NO4S/c1-28-24(27)21-16-10-4-7-13-19(16)30-23(21)25-22(26)20-14-8-2-5-11-17(14)29-18-12-6-3-9-15(18)20/h2-3,5-6,8-9,11-12,20H,4,7,10,13H2,1H3,(H,25,26). The van der Waals surface area contributed by atoms with Crippen LogP contribution in [0.3, 0.4) is 0 Å². The summed E-state index contributed by atoms with van der Waals surface area (Å²) in [5.41, 5.74) is 3.17. The van der Waals surface area contributed by atoms with Gasteiger partial charge in [-0.2, -0.15) is 0 Å². The largest absolute Gasteiger partial charge is 0.465 e. The molecule has 0 atom stereocenters. The van der Waals surface area contributed by atoms with E-state index in [1.807, 2.05) is 48.5 Å². The zero-order valence-electron chi connectivity index (χ0n) is 16.6. The summed E-state index contributed by atoms with van der Waals surface area (Å²) in [4.78, 5) is 27.3. The molecule has 0 saturated heterocycles. The Hall–Kier alpha value is -3.12. The van der Waals surface area contributed by atoms with Gasteiger partial charge in [-0.1, -0.05) is 36.4 Å². The number of amides is 1. The third-order valence-corrected chi connectivity index (χ3v) is 6.95. The van der Waals surface area contributed by atoms with Crippen LogP contribution in [0.4, 0.5) is 5.00 Å². The van der Waals surface area contributed by atoms with E-state index < -0.39 is 11.9 Å². The molecule has 3 aromatic rings. The maximum atomic E-state index is 13.6. The number of aryl methyl sites for hydroxylation is 1. The molecule has 0 unspecified atom stereocenters. The van der Waals surface area contributed by atoms with Crippen molar-refractivity contribution in [3.8, 4) is 11.5 Å². The van der Waals surface area contributed by atoms with Gasteiger partial charge in [0.1, 0.15) is 16.5 Å². The minimum atomic E-state index is -0.518. The van der Waals surface area contributed by atoms with Crippen molar-refractivity contribution in [2.45, 2.75) is 31.6 Å². The second-order valence-corrected chi connectivity index (χ2v) is 8.61. The Balaban J connectivity index is 1.56. The second-order valence-electron chi connectivity index (χ2n) is 7.51. The molecule has 1 aromatic heterocycles. The first-order chi connectivity index (χ1) is 14.7. The molecule has 2 aromatic carbocycles. The number of thiophene rings is 1. The molecule has 6 heteroatoms. The summed E-state index contributed by atoms with van der Waals surface area (Å²) in [7, 11) is 1.38. The maximum Gasteiger partial charge on any atom is 0.341 e. The second kappa shape index (κ2) is 7.61. The summed E-state index contributed by atoms with van der Waals surface area (Å²) in [5, 5.41) is 3.64. The Morgan fingerprint density at radius 3 is 2.30 bits per heavy atom. The van der Waals surface area contributed by atoms with Crippen LogP contribution >= 0.6 is 11.3 Å². The van der Waals surface area contributed by atoms with Crippen molar-refractivity contribution in [1.82, 2.24) is 0 Å². The Morgan fingerprint density at radius 2 is 1.63 bits per heavy atom. The minimum Gasteiger partial charge on any atom is -0.465 e. The third-order valence-electron chi connectivity index (χ3n) is 5.74. The average Bonchev–Trinajstić information content (AvgIpc) is 3.14. The van der Waals surface area contributed by atoms with E-state index in [2.05, 4.69) is 5.32 Å². The number of nitrogens with one attached hydrogen (secondary N) is 1. The fourth-order valence-electron chi connectivity index (χ4n) is 4.35. The van der Waals surface area contributed by atoms with Crippen molar-refractivity contribution in [2.75, 3.05) is 12.4 Å². The van der Waals surface area contributed by atoms with Gasteiger partial charge in [0, 0.05) is 16.0 Å². The number of carbonyl (C=O) groups excluding carboxylic acids is 2. The van der Waals surface area contributed by atoms with Crippen molar-refractivity contribution >= 4 is 28.2 Å². The monoisotopic (exact) mass is 419 g/mol. The highest BCUT2D eigenvalue weighted by molar-refractivity contribution is 7.17. The van der Waals surface area contributed by atoms with Crippen molar-refractivity contribution in [2.24, 2.45) is 0 Å². The van der Waals surface area contributed by atoms with Gasteiger partial charge in [0.05, 0.1) is 18.6 Å². The van der Waals surface area contributed by atoms with E-state index in [-0.39, 0.29) is 5.91 Å². The third kappa shape index (κ3) is 3.08. The van der Waals surface area contributed by atoms with E-state index in [0.717, 1.165) is 42.4 Å². The van der Waals surface area contributed by atoms with Crippen molar-refractivity contribution < 1.29 is 19.1 Å². The Kier molecular flexibility index (Phi) is 4.79. The number of esters is 1. The number of methoxy groups -OCH3 is 1. The minimum absolute atomic E-state index is 0.179. The SMILES string of the molecule is COC(=O)c1c(NC(=O)C2c3ccccc3Oc3ccccc32)sc2c1CCCC2. The number of ether oxygens (including phenoxy) is 2. The van der Waals surface area contributed by atoms with Crippen molar-refractivity contribution in [3.05, 3.63) is 75.7 Å². The number of fused-ring (bicyclic) bond motifs is 3. The van der Waals surface area contributed by atoms with Crippen LogP contribution in [0.5, 0.6) is 11.5 Å². The van der Waals surface area contributed by atoms with Crippen LogP contribution in [0.2, 0.25) is 0 Å². The lowest BCUT2D eigenvalue weighted by Crippen LogP contribution is -2.25. The summed E-state index contributed by atoms with van der Waals surface area (Å²) in [6.45, 7) is 0. The van der Waals surface area contributed by atoms with Crippen LogP contribution in [0, 0.1) is 0 Å². The quantitative estimate of drug-likeness (QED) is 0.586. The maximum absolute atomic E-state index is 13.6. The molecule has 0 fully saturated rings. The molecule has 0 bridgehead atoms. The van der Waals surface area contributed by atoms with Gasteiger partial charge in [0.25, 0.3) is 0 Å². The molecule has 0 spiro atoms. The lowest BCUT2D eigenvalue weighted by atomic mass is 9.87. The van der Waals surface area contributed by atoms with Gasteiger partial charge in [-0.05, 0) is 43.4 Å². The van der Waals surface area contributed by atoms with Crippen LogP contribution in [0.25, 0.3) is 0 Å². The summed E-state index contributed by atoms with van der Waals surface area (Å²) < 4.78 is 11.0. The smallest absolute Gasteiger partial charge is 0.341 e. The molecule has 1 aliphatic heterocycles. The van der Waals surface area contributed by atoms with Crippen LogP contribution < -0.4 is 10.1 Å². The molecule has 2 heterocycles. The van der Waals surface area contributed by atoms with Crippen molar-refractivity contribution in [1.29, 1.82) is 0 Å². The molecule has 1 aliphatic carbocycles. The van der Waals surface area contributed by atoms with E-state index >= 15 is 0 Å². The van der Waals surface area contributed by atoms with E-state index in [4.69, 9.17) is 9.47 Å². The van der Waals surface area contributed by atoms with Gasteiger partial charge < -0.3 is 14.8 Å². The Bertz CT molecular complexity index is 1100. The molecule has 5 nitrogen and oxygen atoms in total. The zero-order valence-corrected chi connectivity index (χ0v) is 17.4. The van der Waals surface area contributed by atoms with E-state index in [1.54, 1.807) is 0 Å². The number of hydrogen-bond donors (Lipinski definition) is 1. The van der Waals surface area contributed by atoms with E-state index in [9.17, 15) is 9.59 Å². The first kappa shape index (κ1) is 18.9. The summed E-state index contributed by atoms with van der Waals surface area (Å²) >= 11 is 1.50. The number of anilines is 1. The first-order valence-electron chi connectivity index (χ1n) is 10.1. The predicted octanol–water partition coefficient (Wildman–Crippen LogP) is 5.29. The van der Waals surface area contributed by atoms with Gasteiger partial charge in [-0.25, -0.2) is 4.79 Å². The normalized spacial score (nSPS) is 14.7. The molecular weight excluding hydrogens is 398 g/mol. The van der Waals surface area contributed by atoms with E-state index in [1.165, 1.54) is 23.3 Å². The number of hydrogen-bond acceptors (Lipinski definition) is 5. The van der Waals surface area contributed by atoms with Crippen LogP contribution in [0.1, 0.15) is 50.7 Å². The molecular formula is C24H21NO4S. The van der Waals surface area contributed by atoms with Crippen LogP contribution in [0.15, 0.2) is 48.5 Å². The predicted molar refractivity (Wildman–Crippen MR) is 116 cm³/mol. The van der Waals surface area contributed by atoms with Gasteiger partial charge in [0.15, 0.2) is 0 Å². The lowest BCUT2D eigenvalue weighted by molar-refractivity contribution is -0.116. The van der Waals surface area contributed by atoms with E-state index in [0.29, 0.717) is 22.1 Å². The average molecular weight is 420 g/mol. The van der Waals surface area contributed by atoms with Gasteiger partial charge in [-0.3, -0.25) is 4.79 Å². The molecule has 0 radical (unpaired) electrons. The topological polar surface area (TPSA) is 64.6 Å². The lowest BCUT2D eigenvalue weighted by Gasteiger charge is -2.27. The first-order valence-corrected chi connectivity index (χ1v) is 10.9. The number of para-hydroxylation sites is 2. The molecule has 5 rings (SSSR count). The summed E-state index contributed by atoms with van der Waals surface area (Å²) in [6.07, 6.45) is 3.92. The van der Waals surface area contributed by atoms with Crippen LogP contribution in [-0.2, 0) is 22.4 Å². The Labute approximate surface area is 178 Å². The highest BCUT2D eigenvalue weighted by atomic mass is 32.1.